The minimum atomic E-state index is -0.245. The first-order valence-electron chi connectivity index (χ1n) is 4.67. The fourth-order valence-corrected chi connectivity index (χ4v) is 1.52. The van der Waals surface area contributed by atoms with Gasteiger partial charge in [-0.1, -0.05) is 20.8 Å². The van der Waals surface area contributed by atoms with E-state index < -0.39 is 0 Å². The van der Waals surface area contributed by atoms with Gasteiger partial charge >= 0.3 is 6.03 Å². The molecule has 74 valence electrons. The average Bonchev–Trinajstić information content (AvgIpc) is 2.46. The fourth-order valence-electron chi connectivity index (χ4n) is 1.52. The van der Waals surface area contributed by atoms with Crippen LogP contribution in [0, 0.1) is 5.92 Å². The highest BCUT2D eigenvalue weighted by molar-refractivity contribution is 5.96. The van der Waals surface area contributed by atoms with Crippen molar-refractivity contribution in [2.75, 3.05) is 6.54 Å². The predicted octanol–water partition coefficient (Wildman–Crippen LogP) is 0.973. The second-order valence-electron chi connectivity index (χ2n) is 3.61. The lowest BCUT2D eigenvalue weighted by Gasteiger charge is -2.23. The molecule has 1 N–H and O–H groups in total. The summed E-state index contributed by atoms with van der Waals surface area (Å²) in [6.45, 7) is 6.38. The highest BCUT2D eigenvalue weighted by Crippen LogP contribution is 2.16. The van der Waals surface area contributed by atoms with Crippen LogP contribution >= 0.6 is 0 Å². The molecule has 4 nitrogen and oxygen atoms in total. The Labute approximate surface area is 78.3 Å². The number of nitrogens with zero attached hydrogens (tertiary/aromatic N) is 1. The molecule has 0 spiro atoms. The summed E-state index contributed by atoms with van der Waals surface area (Å²) in [5, 5.41) is 2.68. The highest BCUT2D eigenvalue weighted by Gasteiger charge is 2.36. The molecule has 0 aromatic heterocycles. The lowest BCUT2D eigenvalue weighted by Crippen LogP contribution is -2.41. The maximum atomic E-state index is 11.4. The number of nitrogens with one attached hydrogen (secondary N) is 1. The van der Waals surface area contributed by atoms with Crippen LogP contribution in [-0.2, 0) is 4.79 Å². The molecule has 0 aliphatic carbocycles. The first-order chi connectivity index (χ1) is 6.07. The van der Waals surface area contributed by atoms with Gasteiger partial charge in [0.1, 0.15) is 0 Å². The molecule has 13 heavy (non-hydrogen) atoms. The van der Waals surface area contributed by atoms with Crippen molar-refractivity contribution in [1.82, 2.24) is 10.2 Å². The lowest BCUT2D eigenvalue weighted by atomic mass is 10.0. The smallest absolute Gasteiger partial charge is 0.324 e. The Morgan fingerprint density at radius 3 is 2.77 bits per heavy atom. The van der Waals surface area contributed by atoms with E-state index in [1.165, 1.54) is 4.90 Å². The standard InChI is InChI=1S/C9H16N2O2/c1-4-8(12)11-7(6(2)3)5-10-9(11)13/h6-7H,4-5H2,1-3H3,(H,10,13). The number of hydrogen-bond acceptors (Lipinski definition) is 2. The Morgan fingerprint density at radius 1 is 1.69 bits per heavy atom. The van der Waals surface area contributed by atoms with Crippen molar-refractivity contribution in [3.63, 3.8) is 0 Å². The van der Waals surface area contributed by atoms with E-state index in [2.05, 4.69) is 5.32 Å². The zero-order chi connectivity index (χ0) is 10.0. The Kier molecular flexibility index (Phi) is 2.90. The van der Waals surface area contributed by atoms with Gasteiger partial charge in [-0.3, -0.25) is 9.69 Å². The van der Waals surface area contributed by atoms with Gasteiger partial charge in [-0.2, -0.15) is 0 Å². The third-order valence-corrected chi connectivity index (χ3v) is 2.35. The van der Waals surface area contributed by atoms with Crippen molar-refractivity contribution in [3.8, 4) is 0 Å². The van der Waals surface area contributed by atoms with Crippen LogP contribution in [-0.4, -0.2) is 29.4 Å². The van der Waals surface area contributed by atoms with Crippen molar-refractivity contribution < 1.29 is 9.59 Å². The summed E-state index contributed by atoms with van der Waals surface area (Å²) in [6, 6.07) is -0.217. The number of urea groups is 1. The van der Waals surface area contributed by atoms with E-state index in [9.17, 15) is 9.59 Å². The van der Waals surface area contributed by atoms with Crippen molar-refractivity contribution in [1.29, 1.82) is 0 Å². The minimum absolute atomic E-state index is 0.0277. The van der Waals surface area contributed by atoms with Gasteiger partial charge in [0.25, 0.3) is 0 Å². The topological polar surface area (TPSA) is 49.4 Å². The second kappa shape index (κ2) is 3.77. The van der Waals surface area contributed by atoms with Crippen LogP contribution in [0.25, 0.3) is 0 Å². The van der Waals surface area contributed by atoms with Gasteiger partial charge in [0.05, 0.1) is 6.04 Å². The number of imide groups is 1. The molecule has 3 amide bonds. The van der Waals surface area contributed by atoms with Gasteiger partial charge in [0.15, 0.2) is 0 Å². The van der Waals surface area contributed by atoms with Gasteiger partial charge in [0.2, 0.25) is 5.91 Å². The Morgan fingerprint density at radius 2 is 2.31 bits per heavy atom. The van der Waals surface area contributed by atoms with Crippen LogP contribution in [0.15, 0.2) is 0 Å². The molecular formula is C9H16N2O2. The van der Waals surface area contributed by atoms with Crippen molar-refractivity contribution in [2.45, 2.75) is 33.2 Å². The molecule has 1 fully saturated rings. The van der Waals surface area contributed by atoms with E-state index >= 15 is 0 Å². The summed E-state index contributed by atoms with van der Waals surface area (Å²) in [5.74, 6) is 0.225. The molecule has 1 unspecified atom stereocenters. The van der Waals surface area contributed by atoms with E-state index in [-0.39, 0.29) is 18.0 Å². The van der Waals surface area contributed by atoms with Crippen LogP contribution in [0.2, 0.25) is 0 Å². The van der Waals surface area contributed by atoms with Crippen molar-refractivity contribution >= 4 is 11.9 Å². The quantitative estimate of drug-likeness (QED) is 0.695. The Hall–Kier alpha value is -1.06. The molecule has 0 aromatic rings. The molecule has 0 radical (unpaired) electrons. The number of rotatable bonds is 2. The molecule has 1 heterocycles. The summed E-state index contributed by atoms with van der Waals surface area (Å²) in [6.07, 6.45) is 0.386. The van der Waals surface area contributed by atoms with E-state index in [1.54, 1.807) is 6.92 Å². The molecule has 1 saturated heterocycles. The molecule has 0 bridgehead atoms. The normalized spacial score (nSPS) is 22.3. The number of carbonyl (C=O) groups is 2. The molecule has 0 aromatic carbocycles. The number of hydrogen-bond donors (Lipinski definition) is 1. The Bertz CT molecular complexity index is 226. The number of carbonyl (C=O) groups excluding carboxylic acids is 2. The van der Waals surface area contributed by atoms with E-state index in [4.69, 9.17) is 0 Å². The summed E-state index contributed by atoms with van der Waals surface area (Å²) in [5.41, 5.74) is 0. The van der Waals surface area contributed by atoms with E-state index in [0.29, 0.717) is 18.9 Å². The third-order valence-electron chi connectivity index (χ3n) is 2.35. The molecular weight excluding hydrogens is 168 g/mol. The second-order valence-corrected chi connectivity index (χ2v) is 3.61. The van der Waals surface area contributed by atoms with Crippen molar-refractivity contribution in [3.05, 3.63) is 0 Å². The van der Waals surface area contributed by atoms with Crippen LogP contribution in [0.4, 0.5) is 4.79 Å². The highest BCUT2D eigenvalue weighted by atomic mass is 16.2. The maximum Gasteiger partial charge on any atom is 0.324 e. The molecule has 1 aliphatic rings. The van der Waals surface area contributed by atoms with Gasteiger partial charge in [-0.15, -0.1) is 0 Å². The monoisotopic (exact) mass is 184 g/mol. The fraction of sp³-hybridized carbons (Fsp3) is 0.778. The molecule has 1 atom stereocenters. The summed E-state index contributed by atoms with van der Waals surface area (Å²) < 4.78 is 0. The summed E-state index contributed by atoms with van der Waals surface area (Å²) in [7, 11) is 0. The lowest BCUT2D eigenvalue weighted by molar-refractivity contribution is -0.129. The summed E-state index contributed by atoms with van der Waals surface area (Å²) >= 11 is 0. The first kappa shape index (κ1) is 10.0. The zero-order valence-electron chi connectivity index (χ0n) is 8.33. The predicted molar refractivity (Wildman–Crippen MR) is 49.2 cm³/mol. The minimum Gasteiger partial charge on any atom is -0.336 e. The largest absolute Gasteiger partial charge is 0.336 e. The first-order valence-corrected chi connectivity index (χ1v) is 4.67. The van der Waals surface area contributed by atoms with Crippen LogP contribution in [0.1, 0.15) is 27.2 Å². The van der Waals surface area contributed by atoms with Gasteiger partial charge in [-0.05, 0) is 5.92 Å². The maximum absolute atomic E-state index is 11.4. The van der Waals surface area contributed by atoms with Crippen molar-refractivity contribution in [2.24, 2.45) is 5.92 Å². The van der Waals surface area contributed by atoms with Gasteiger partial charge in [-0.25, -0.2) is 4.79 Å². The molecule has 1 rings (SSSR count). The van der Waals surface area contributed by atoms with E-state index in [1.807, 2.05) is 13.8 Å². The van der Waals surface area contributed by atoms with E-state index in [0.717, 1.165) is 0 Å². The molecule has 0 saturated carbocycles. The number of amides is 3. The SMILES string of the molecule is CCC(=O)N1C(=O)NCC1C(C)C. The van der Waals surface area contributed by atoms with Gasteiger partial charge in [0, 0.05) is 13.0 Å². The average molecular weight is 184 g/mol. The van der Waals surface area contributed by atoms with Gasteiger partial charge < -0.3 is 5.32 Å². The van der Waals surface area contributed by atoms with Crippen LogP contribution in [0.5, 0.6) is 0 Å². The van der Waals surface area contributed by atoms with Crippen LogP contribution in [0.3, 0.4) is 0 Å². The third kappa shape index (κ3) is 1.82. The molecule has 1 aliphatic heterocycles. The van der Waals surface area contributed by atoms with Crippen LogP contribution < -0.4 is 5.32 Å². The Balaban J connectivity index is 2.77. The summed E-state index contributed by atoms with van der Waals surface area (Å²) in [4.78, 5) is 24.0. The zero-order valence-corrected chi connectivity index (χ0v) is 8.33. The molecule has 4 heteroatoms.